The number of nitrogens with one attached hydrogen (secondary N) is 1. The van der Waals surface area contributed by atoms with Gasteiger partial charge in [-0.25, -0.2) is 9.78 Å². The number of unbranched alkanes of at least 4 members (excludes halogenated alkanes) is 3. The number of phenols is 1. The van der Waals surface area contributed by atoms with Gasteiger partial charge in [-0.2, -0.15) is 0 Å². The number of aromatic hydroxyl groups is 1. The summed E-state index contributed by atoms with van der Waals surface area (Å²) >= 11 is 1.43. The summed E-state index contributed by atoms with van der Waals surface area (Å²) < 4.78 is 5.48. The Labute approximate surface area is 179 Å². The summed E-state index contributed by atoms with van der Waals surface area (Å²) in [4.78, 5) is 17.1. The lowest BCUT2D eigenvalue weighted by Crippen LogP contribution is -2.03. The van der Waals surface area contributed by atoms with E-state index in [4.69, 9.17) is 4.42 Å². The number of fused-ring (bicyclic) bond motifs is 1. The first-order chi connectivity index (χ1) is 14.6. The number of rotatable bonds is 8. The Morgan fingerprint density at radius 2 is 1.93 bits per heavy atom. The van der Waals surface area contributed by atoms with E-state index in [1.54, 1.807) is 12.1 Å². The number of aromatic nitrogens is 1. The molecule has 0 aliphatic rings. The second-order valence-corrected chi connectivity index (χ2v) is 8.16. The summed E-state index contributed by atoms with van der Waals surface area (Å²) in [5, 5.41) is 16.9. The van der Waals surface area contributed by atoms with Gasteiger partial charge in [-0.15, -0.1) is 11.3 Å². The average molecular weight is 421 g/mol. The van der Waals surface area contributed by atoms with Crippen LogP contribution in [0.3, 0.4) is 0 Å². The first-order valence-corrected chi connectivity index (χ1v) is 11.1. The number of phenolic OH excluding ortho intramolecular Hbond substituents is 1. The minimum Gasteiger partial charge on any atom is -0.508 e. The molecule has 154 valence electrons. The van der Waals surface area contributed by atoms with Gasteiger partial charge in [-0.1, -0.05) is 44.4 Å². The van der Waals surface area contributed by atoms with E-state index in [9.17, 15) is 9.90 Å². The maximum atomic E-state index is 12.5. The number of anilines is 2. The lowest BCUT2D eigenvalue weighted by molar-refractivity contribution is 0.464. The van der Waals surface area contributed by atoms with Gasteiger partial charge < -0.3 is 14.8 Å². The first-order valence-electron chi connectivity index (χ1n) is 10.2. The van der Waals surface area contributed by atoms with E-state index in [-0.39, 0.29) is 5.75 Å². The van der Waals surface area contributed by atoms with E-state index in [0.717, 1.165) is 35.9 Å². The molecule has 2 aromatic carbocycles. The first kappa shape index (κ1) is 20.2. The van der Waals surface area contributed by atoms with Crippen molar-refractivity contribution in [3.8, 4) is 17.0 Å². The predicted molar refractivity (Wildman–Crippen MR) is 123 cm³/mol. The van der Waals surface area contributed by atoms with Crippen molar-refractivity contribution in [2.45, 2.75) is 39.0 Å². The Bertz CT molecular complexity index is 1200. The van der Waals surface area contributed by atoms with Gasteiger partial charge in [0.1, 0.15) is 11.3 Å². The van der Waals surface area contributed by atoms with Crippen LogP contribution in [0.25, 0.3) is 22.2 Å². The van der Waals surface area contributed by atoms with Crippen LogP contribution in [0, 0.1) is 0 Å². The fraction of sp³-hybridized carbons (Fsp3) is 0.250. The van der Waals surface area contributed by atoms with Gasteiger partial charge in [0.05, 0.1) is 11.3 Å². The number of nitrogens with zero attached hydrogens (tertiary/aromatic N) is 1. The molecule has 2 heterocycles. The summed E-state index contributed by atoms with van der Waals surface area (Å²) in [7, 11) is 0. The molecule has 30 heavy (non-hydrogen) atoms. The third kappa shape index (κ3) is 4.54. The van der Waals surface area contributed by atoms with E-state index < -0.39 is 5.63 Å². The average Bonchev–Trinajstić information content (AvgIpc) is 3.20. The van der Waals surface area contributed by atoms with Gasteiger partial charge >= 0.3 is 5.63 Å². The van der Waals surface area contributed by atoms with Gasteiger partial charge in [0.15, 0.2) is 5.13 Å². The maximum absolute atomic E-state index is 12.5. The second-order valence-electron chi connectivity index (χ2n) is 7.31. The van der Waals surface area contributed by atoms with E-state index in [0.29, 0.717) is 22.0 Å². The van der Waals surface area contributed by atoms with Gasteiger partial charge in [0.25, 0.3) is 0 Å². The zero-order valence-electron chi connectivity index (χ0n) is 16.9. The maximum Gasteiger partial charge on any atom is 0.345 e. The molecule has 0 aliphatic heterocycles. The van der Waals surface area contributed by atoms with Crippen LogP contribution in [-0.2, 0) is 6.42 Å². The van der Waals surface area contributed by atoms with Crippen LogP contribution in [0.15, 0.2) is 63.1 Å². The fourth-order valence-electron chi connectivity index (χ4n) is 3.42. The lowest BCUT2D eigenvalue weighted by Gasteiger charge is -2.07. The number of benzene rings is 2. The molecule has 0 spiro atoms. The summed E-state index contributed by atoms with van der Waals surface area (Å²) in [5.74, 6) is 0.179. The van der Waals surface area contributed by atoms with Crippen LogP contribution in [0.4, 0.5) is 10.8 Å². The summed E-state index contributed by atoms with van der Waals surface area (Å²) in [6.07, 6.45) is 5.33. The smallest absolute Gasteiger partial charge is 0.345 e. The Hall–Kier alpha value is -3.12. The SMILES string of the molecule is CCCCCCc1cc2cc(-c3csc(Nc4ccccc4)n3)c(=O)oc2cc1O. The highest BCUT2D eigenvalue weighted by atomic mass is 32.1. The van der Waals surface area contributed by atoms with E-state index in [1.807, 2.05) is 41.8 Å². The van der Waals surface area contributed by atoms with E-state index >= 15 is 0 Å². The normalized spacial score (nSPS) is 11.1. The third-order valence-corrected chi connectivity index (χ3v) is 5.80. The molecular formula is C24H24N2O3S. The van der Waals surface area contributed by atoms with Crippen molar-refractivity contribution < 1.29 is 9.52 Å². The second kappa shape index (κ2) is 9.13. The van der Waals surface area contributed by atoms with Crippen LogP contribution in [-0.4, -0.2) is 10.1 Å². The molecule has 0 fully saturated rings. The Morgan fingerprint density at radius 1 is 1.10 bits per heavy atom. The lowest BCUT2D eigenvalue weighted by atomic mass is 10.0. The summed E-state index contributed by atoms with van der Waals surface area (Å²) in [5.41, 5.74) is 2.73. The van der Waals surface area contributed by atoms with E-state index in [1.165, 1.54) is 24.2 Å². The van der Waals surface area contributed by atoms with Crippen molar-refractivity contribution in [2.24, 2.45) is 0 Å². The highest BCUT2D eigenvalue weighted by molar-refractivity contribution is 7.14. The van der Waals surface area contributed by atoms with Crippen molar-refractivity contribution in [3.05, 3.63) is 69.9 Å². The molecule has 4 rings (SSSR count). The topological polar surface area (TPSA) is 75.4 Å². The molecular weight excluding hydrogens is 396 g/mol. The number of aryl methyl sites for hydroxylation is 1. The van der Waals surface area contributed by atoms with Crippen LogP contribution in [0.2, 0.25) is 0 Å². The summed E-state index contributed by atoms with van der Waals surface area (Å²) in [6, 6.07) is 15.0. The van der Waals surface area contributed by atoms with Gasteiger partial charge in [0.2, 0.25) is 0 Å². The van der Waals surface area contributed by atoms with Crippen molar-refractivity contribution in [3.63, 3.8) is 0 Å². The van der Waals surface area contributed by atoms with Gasteiger partial charge in [-0.3, -0.25) is 0 Å². The van der Waals surface area contributed by atoms with Gasteiger partial charge in [0, 0.05) is 22.5 Å². The number of hydrogen-bond donors (Lipinski definition) is 2. The predicted octanol–water partition coefficient (Wildman–Crippen LogP) is 6.49. The molecule has 5 nitrogen and oxygen atoms in total. The van der Waals surface area contributed by atoms with Crippen molar-refractivity contribution >= 4 is 33.1 Å². The molecule has 4 aromatic rings. The van der Waals surface area contributed by atoms with Gasteiger partial charge in [-0.05, 0) is 42.7 Å². The van der Waals surface area contributed by atoms with Crippen molar-refractivity contribution in [1.29, 1.82) is 0 Å². The van der Waals surface area contributed by atoms with E-state index in [2.05, 4.69) is 17.2 Å². The third-order valence-electron chi connectivity index (χ3n) is 5.04. The van der Waals surface area contributed by atoms with Crippen molar-refractivity contribution in [1.82, 2.24) is 4.98 Å². The molecule has 2 N–H and O–H groups in total. The Morgan fingerprint density at radius 3 is 2.73 bits per heavy atom. The minimum absolute atomic E-state index is 0.179. The fourth-order valence-corrected chi connectivity index (χ4v) is 4.15. The van der Waals surface area contributed by atoms with Crippen LogP contribution >= 0.6 is 11.3 Å². The largest absolute Gasteiger partial charge is 0.508 e. The number of para-hydroxylation sites is 1. The zero-order valence-corrected chi connectivity index (χ0v) is 17.7. The molecule has 0 saturated heterocycles. The Kier molecular flexibility index (Phi) is 6.14. The molecule has 0 bridgehead atoms. The number of hydrogen-bond acceptors (Lipinski definition) is 6. The molecule has 0 atom stereocenters. The van der Waals surface area contributed by atoms with Crippen LogP contribution < -0.4 is 10.9 Å². The molecule has 0 aliphatic carbocycles. The van der Waals surface area contributed by atoms with Crippen molar-refractivity contribution in [2.75, 3.05) is 5.32 Å². The van der Waals surface area contributed by atoms with Crippen LogP contribution in [0.1, 0.15) is 38.2 Å². The van der Waals surface area contributed by atoms with Crippen LogP contribution in [0.5, 0.6) is 5.75 Å². The summed E-state index contributed by atoms with van der Waals surface area (Å²) in [6.45, 7) is 2.18. The molecule has 6 heteroatoms. The molecule has 0 saturated carbocycles. The zero-order chi connectivity index (χ0) is 20.9. The monoisotopic (exact) mass is 420 g/mol. The Balaban J connectivity index is 1.62. The molecule has 0 amide bonds. The highest BCUT2D eigenvalue weighted by Gasteiger charge is 2.14. The molecule has 0 unspecified atom stereocenters. The quantitative estimate of drug-likeness (QED) is 0.252. The molecule has 0 radical (unpaired) electrons. The highest BCUT2D eigenvalue weighted by Crippen LogP contribution is 2.30. The molecule has 2 aromatic heterocycles. The minimum atomic E-state index is -0.464. The standard InChI is InChI=1S/C24H24N2O3S/c1-2-3-4-6-9-16-12-17-13-19(23(28)29-22(17)14-21(16)27)20-15-30-24(26-20)25-18-10-7-5-8-11-18/h5,7-8,10-15,27H,2-4,6,9H2,1H3,(H,25,26). The number of thiazole rings is 1.